The maximum Gasteiger partial charge on any atom is 0.338 e. The maximum absolute atomic E-state index is 12.2. The molecule has 0 N–H and O–H groups in total. The van der Waals surface area contributed by atoms with Gasteiger partial charge < -0.3 is 4.74 Å². The molecule has 3 aromatic rings. The molecule has 0 unspecified atom stereocenters. The third kappa shape index (κ3) is 4.43. The fraction of sp³-hybridized carbons (Fsp3) is 0.167. The molecule has 1 aromatic carbocycles. The summed E-state index contributed by atoms with van der Waals surface area (Å²) < 4.78 is 5.44. The average molecular weight is 356 g/mol. The van der Waals surface area contributed by atoms with Crippen LogP contribution in [-0.2, 0) is 10.5 Å². The van der Waals surface area contributed by atoms with E-state index in [2.05, 4.69) is 9.97 Å². The molecule has 122 valence electrons. The third-order valence-electron chi connectivity index (χ3n) is 3.30. The number of carbonyl (C=O) groups is 1. The van der Waals surface area contributed by atoms with E-state index in [1.54, 1.807) is 36.3 Å². The molecule has 0 saturated heterocycles. The molecule has 1 atom stereocenters. The van der Waals surface area contributed by atoms with E-state index < -0.39 is 0 Å². The molecule has 4 nitrogen and oxygen atoms in total. The third-order valence-corrected chi connectivity index (χ3v) is 5.32. The molecule has 3 rings (SSSR count). The van der Waals surface area contributed by atoms with Crippen LogP contribution in [0.1, 0.15) is 34.0 Å². The lowest BCUT2D eigenvalue weighted by Crippen LogP contribution is -2.08. The minimum atomic E-state index is -0.336. The van der Waals surface area contributed by atoms with Crippen LogP contribution in [0, 0.1) is 0 Å². The van der Waals surface area contributed by atoms with Gasteiger partial charge in [-0.05, 0) is 42.8 Å². The van der Waals surface area contributed by atoms with Gasteiger partial charge in [-0.15, -0.1) is 23.1 Å². The molecule has 0 saturated carbocycles. The quantitative estimate of drug-likeness (QED) is 0.471. The van der Waals surface area contributed by atoms with Gasteiger partial charge in [-0.25, -0.2) is 9.78 Å². The first-order chi connectivity index (χ1) is 11.7. The first-order valence-corrected chi connectivity index (χ1v) is 9.31. The SMILES string of the molecule is C[C@@H](OC(=O)c1ccc(SCc2cccnc2)cc1)c1nccs1. The Labute approximate surface area is 148 Å². The summed E-state index contributed by atoms with van der Waals surface area (Å²) in [4.78, 5) is 21.5. The van der Waals surface area contributed by atoms with Crippen molar-refractivity contribution in [2.24, 2.45) is 0 Å². The van der Waals surface area contributed by atoms with Crippen molar-refractivity contribution < 1.29 is 9.53 Å². The number of thiazole rings is 1. The summed E-state index contributed by atoms with van der Waals surface area (Å²) in [6.45, 7) is 1.83. The summed E-state index contributed by atoms with van der Waals surface area (Å²) in [7, 11) is 0. The summed E-state index contributed by atoms with van der Waals surface area (Å²) in [6, 6.07) is 11.4. The molecule has 0 aliphatic heterocycles. The predicted molar refractivity (Wildman–Crippen MR) is 96.2 cm³/mol. The molecule has 0 aliphatic carbocycles. The van der Waals surface area contributed by atoms with Gasteiger partial charge in [0.05, 0.1) is 5.56 Å². The number of pyridine rings is 1. The molecule has 2 aromatic heterocycles. The van der Waals surface area contributed by atoms with Crippen LogP contribution in [0.3, 0.4) is 0 Å². The summed E-state index contributed by atoms with van der Waals surface area (Å²) in [5.74, 6) is 0.514. The van der Waals surface area contributed by atoms with E-state index in [0.717, 1.165) is 15.7 Å². The second kappa shape index (κ2) is 8.08. The number of aromatic nitrogens is 2. The van der Waals surface area contributed by atoms with Gasteiger partial charge in [-0.2, -0.15) is 0 Å². The molecule has 0 aliphatic rings. The van der Waals surface area contributed by atoms with Gasteiger partial charge in [-0.3, -0.25) is 4.98 Å². The molecule has 2 heterocycles. The smallest absolute Gasteiger partial charge is 0.338 e. The van der Waals surface area contributed by atoms with Crippen molar-refractivity contribution in [3.8, 4) is 0 Å². The van der Waals surface area contributed by atoms with Gasteiger partial charge >= 0.3 is 5.97 Å². The van der Waals surface area contributed by atoms with E-state index in [9.17, 15) is 4.79 Å². The van der Waals surface area contributed by atoms with Gasteiger partial charge in [0.2, 0.25) is 0 Å². The number of thioether (sulfide) groups is 1. The highest BCUT2D eigenvalue weighted by atomic mass is 32.2. The molecule has 0 radical (unpaired) electrons. The first kappa shape index (κ1) is 16.7. The second-order valence-electron chi connectivity index (χ2n) is 5.09. The van der Waals surface area contributed by atoms with Crippen LogP contribution in [0.15, 0.2) is 65.3 Å². The van der Waals surface area contributed by atoms with E-state index in [0.29, 0.717) is 5.56 Å². The zero-order chi connectivity index (χ0) is 16.8. The van der Waals surface area contributed by atoms with E-state index in [-0.39, 0.29) is 12.1 Å². The standard InChI is InChI=1S/C18H16N2O2S2/c1-13(17-20-9-10-23-17)22-18(21)15-4-6-16(7-5-15)24-12-14-3-2-8-19-11-14/h2-11,13H,12H2,1H3/t13-/m1/s1. The van der Waals surface area contributed by atoms with E-state index in [1.807, 2.05) is 42.8 Å². The van der Waals surface area contributed by atoms with Crippen molar-refractivity contribution in [2.75, 3.05) is 0 Å². The monoisotopic (exact) mass is 356 g/mol. The highest BCUT2D eigenvalue weighted by Gasteiger charge is 2.15. The van der Waals surface area contributed by atoms with Gasteiger partial charge in [0.25, 0.3) is 0 Å². The summed E-state index contributed by atoms with van der Waals surface area (Å²) in [6.07, 6.45) is 5.00. The number of carbonyl (C=O) groups excluding carboxylic acids is 1. The fourth-order valence-electron chi connectivity index (χ4n) is 2.05. The molecule has 6 heteroatoms. The van der Waals surface area contributed by atoms with Gasteiger partial charge in [-0.1, -0.05) is 6.07 Å². The van der Waals surface area contributed by atoms with E-state index in [4.69, 9.17) is 4.74 Å². The Morgan fingerprint density at radius 3 is 2.75 bits per heavy atom. The van der Waals surface area contributed by atoms with Gasteiger partial charge in [0, 0.05) is 34.6 Å². The van der Waals surface area contributed by atoms with Crippen molar-refractivity contribution in [3.05, 3.63) is 76.5 Å². The molecule has 0 fully saturated rings. The number of nitrogens with zero attached hydrogens (tertiary/aromatic N) is 2. The van der Waals surface area contributed by atoms with Crippen molar-refractivity contribution in [2.45, 2.75) is 23.7 Å². The zero-order valence-electron chi connectivity index (χ0n) is 13.1. The Morgan fingerprint density at radius 1 is 1.25 bits per heavy atom. The van der Waals surface area contributed by atoms with Gasteiger partial charge in [0.1, 0.15) is 5.01 Å². The minimum Gasteiger partial charge on any atom is -0.452 e. The molecule has 0 amide bonds. The van der Waals surface area contributed by atoms with Crippen molar-refractivity contribution in [1.29, 1.82) is 0 Å². The number of hydrogen-bond donors (Lipinski definition) is 0. The molecular weight excluding hydrogens is 340 g/mol. The fourth-order valence-corrected chi connectivity index (χ4v) is 3.51. The number of ether oxygens (including phenoxy) is 1. The van der Waals surface area contributed by atoms with Crippen molar-refractivity contribution >= 4 is 29.1 Å². The highest BCUT2D eigenvalue weighted by molar-refractivity contribution is 7.98. The Morgan fingerprint density at radius 2 is 2.08 bits per heavy atom. The Kier molecular flexibility index (Phi) is 5.61. The summed E-state index contributed by atoms with van der Waals surface area (Å²) >= 11 is 3.18. The van der Waals surface area contributed by atoms with E-state index in [1.165, 1.54) is 16.9 Å². The van der Waals surface area contributed by atoms with Crippen LogP contribution in [0.4, 0.5) is 0 Å². The van der Waals surface area contributed by atoms with Crippen LogP contribution in [-0.4, -0.2) is 15.9 Å². The Bertz CT molecular complexity index is 775. The molecular formula is C18H16N2O2S2. The van der Waals surface area contributed by atoms with Crippen LogP contribution >= 0.6 is 23.1 Å². The number of benzene rings is 1. The van der Waals surface area contributed by atoms with Crippen molar-refractivity contribution in [1.82, 2.24) is 9.97 Å². The maximum atomic E-state index is 12.2. The number of hydrogen-bond acceptors (Lipinski definition) is 6. The highest BCUT2D eigenvalue weighted by Crippen LogP contribution is 2.24. The molecule has 24 heavy (non-hydrogen) atoms. The molecule has 0 bridgehead atoms. The molecule has 0 spiro atoms. The summed E-state index contributed by atoms with van der Waals surface area (Å²) in [5, 5.41) is 2.67. The summed E-state index contributed by atoms with van der Waals surface area (Å²) in [5.41, 5.74) is 1.72. The topological polar surface area (TPSA) is 52.1 Å². The van der Waals surface area contributed by atoms with Crippen LogP contribution in [0.25, 0.3) is 0 Å². The largest absolute Gasteiger partial charge is 0.452 e. The lowest BCUT2D eigenvalue weighted by molar-refractivity contribution is 0.0337. The Hall–Kier alpha value is -2.18. The minimum absolute atomic E-state index is 0.332. The van der Waals surface area contributed by atoms with Crippen LogP contribution in [0.2, 0.25) is 0 Å². The second-order valence-corrected chi connectivity index (χ2v) is 7.07. The lowest BCUT2D eigenvalue weighted by atomic mass is 10.2. The Balaban J connectivity index is 1.56. The normalized spacial score (nSPS) is 11.9. The first-order valence-electron chi connectivity index (χ1n) is 7.44. The lowest BCUT2D eigenvalue weighted by Gasteiger charge is -2.10. The average Bonchev–Trinajstić information content (AvgIpc) is 3.16. The number of esters is 1. The van der Waals surface area contributed by atoms with Crippen molar-refractivity contribution in [3.63, 3.8) is 0 Å². The van der Waals surface area contributed by atoms with Gasteiger partial charge in [0.15, 0.2) is 6.10 Å². The van der Waals surface area contributed by atoms with Crippen LogP contribution in [0.5, 0.6) is 0 Å². The number of rotatable bonds is 6. The zero-order valence-corrected chi connectivity index (χ0v) is 14.7. The van der Waals surface area contributed by atoms with E-state index >= 15 is 0 Å². The predicted octanol–water partition coefficient (Wildman–Crippen LogP) is 4.75. The van der Waals surface area contributed by atoms with Crippen LogP contribution < -0.4 is 0 Å².